The lowest BCUT2D eigenvalue weighted by Crippen LogP contribution is -2.36. The molecular weight excluding hydrogens is 312 g/mol. The molecule has 0 aromatic carbocycles. The highest BCUT2D eigenvalue weighted by atomic mass is 79.9. The number of carbonyl (C=O) groups is 1. The first kappa shape index (κ1) is 16.2. The van der Waals surface area contributed by atoms with Crippen LogP contribution >= 0.6 is 15.9 Å². The average molecular weight is 333 g/mol. The standard InChI is InChI=1S/C13H21BrN2O3/c1-15-10-11(14)9-12(15)13(17)16(6-8-19-3)5-4-7-18-2/h9-10H,4-8H2,1-3H3. The zero-order valence-corrected chi connectivity index (χ0v) is 13.3. The van der Waals surface area contributed by atoms with Crippen LogP contribution < -0.4 is 0 Å². The zero-order chi connectivity index (χ0) is 14.3. The van der Waals surface area contributed by atoms with Gasteiger partial charge in [-0.3, -0.25) is 4.79 Å². The lowest BCUT2D eigenvalue weighted by atomic mass is 10.3. The second-order valence-corrected chi connectivity index (χ2v) is 5.20. The van der Waals surface area contributed by atoms with E-state index in [4.69, 9.17) is 9.47 Å². The average Bonchev–Trinajstić information content (AvgIpc) is 2.72. The summed E-state index contributed by atoms with van der Waals surface area (Å²) in [4.78, 5) is 14.3. The van der Waals surface area contributed by atoms with Crippen molar-refractivity contribution in [1.82, 2.24) is 9.47 Å². The summed E-state index contributed by atoms with van der Waals surface area (Å²) in [6, 6.07) is 1.83. The number of aryl methyl sites for hydroxylation is 1. The van der Waals surface area contributed by atoms with E-state index in [0.717, 1.165) is 10.9 Å². The van der Waals surface area contributed by atoms with Gasteiger partial charge in [0.2, 0.25) is 0 Å². The number of nitrogens with zero attached hydrogens (tertiary/aromatic N) is 2. The predicted octanol–water partition coefficient (Wildman–Crippen LogP) is 1.91. The Morgan fingerprint density at radius 3 is 2.53 bits per heavy atom. The highest BCUT2D eigenvalue weighted by Crippen LogP contribution is 2.15. The molecule has 0 atom stereocenters. The smallest absolute Gasteiger partial charge is 0.270 e. The summed E-state index contributed by atoms with van der Waals surface area (Å²) in [5, 5.41) is 0. The SMILES string of the molecule is COCCCN(CCOC)C(=O)c1cc(Br)cn1C. The first-order valence-electron chi connectivity index (χ1n) is 6.19. The van der Waals surface area contributed by atoms with Crippen molar-refractivity contribution in [2.75, 3.05) is 40.5 Å². The quantitative estimate of drug-likeness (QED) is 0.683. The molecule has 0 aliphatic carbocycles. The highest BCUT2D eigenvalue weighted by Gasteiger charge is 2.18. The summed E-state index contributed by atoms with van der Waals surface area (Å²) in [5.74, 6) is 0.0151. The minimum absolute atomic E-state index is 0.0151. The van der Waals surface area contributed by atoms with E-state index in [1.165, 1.54) is 0 Å². The first-order chi connectivity index (χ1) is 9.10. The van der Waals surface area contributed by atoms with Gasteiger partial charge in [0, 0.05) is 51.6 Å². The van der Waals surface area contributed by atoms with Crippen molar-refractivity contribution in [1.29, 1.82) is 0 Å². The van der Waals surface area contributed by atoms with E-state index >= 15 is 0 Å². The van der Waals surface area contributed by atoms with Crippen molar-refractivity contribution in [2.45, 2.75) is 6.42 Å². The molecule has 108 valence electrons. The van der Waals surface area contributed by atoms with Gasteiger partial charge in [-0.1, -0.05) is 0 Å². The van der Waals surface area contributed by atoms with E-state index in [9.17, 15) is 4.79 Å². The van der Waals surface area contributed by atoms with Crippen molar-refractivity contribution in [3.05, 3.63) is 22.4 Å². The highest BCUT2D eigenvalue weighted by molar-refractivity contribution is 9.10. The number of hydrogen-bond donors (Lipinski definition) is 0. The van der Waals surface area contributed by atoms with Crippen LogP contribution in [0.1, 0.15) is 16.9 Å². The van der Waals surface area contributed by atoms with Gasteiger partial charge in [0.05, 0.1) is 6.61 Å². The second kappa shape index (κ2) is 8.35. The van der Waals surface area contributed by atoms with Crippen molar-refractivity contribution in [3.8, 4) is 0 Å². The Morgan fingerprint density at radius 2 is 2.00 bits per heavy atom. The number of halogens is 1. The third kappa shape index (κ3) is 4.97. The van der Waals surface area contributed by atoms with Crippen LogP contribution in [-0.2, 0) is 16.5 Å². The van der Waals surface area contributed by atoms with Crippen LogP contribution in [0, 0.1) is 0 Å². The minimum atomic E-state index is 0.0151. The van der Waals surface area contributed by atoms with Gasteiger partial charge in [-0.05, 0) is 28.4 Å². The molecule has 1 aromatic rings. The number of amides is 1. The normalized spacial score (nSPS) is 10.7. The number of rotatable bonds is 8. The fourth-order valence-electron chi connectivity index (χ4n) is 1.81. The molecular formula is C13H21BrN2O3. The van der Waals surface area contributed by atoms with Gasteiger partial charge in [0.1, 0.15) is 5.69 Å². The van der Waals surface area contributed by atoms with Gasteiger partial charge in [0.15, 0.2) is 0 Å². The summed E-state index contributed by atoms with van der Waals surface area (Å²) in [6.07, 6.45) is 2.69. The molecule has 5 nitrogen and oxygen atoms in total. The molecule has 0 N–H and O–H groups in total. The lowest BCUT2D eigenvalue weighted by Gasteiger charge is -2.22. The van der Waals surface area contributed by atoms with Crippen LogP contribution in [0.25, 0.3) is 0 Å². The largest absolute Gasteiger partial charge is 0.385 e. The van der Waals surface area contributed by atoms with Crippen molar-refractivity contribution in [3.63, 3.8) is 0 Å². The molecule has 0 saturated heterocycles. The molecule has 19 heavy (non-hydrogen) atoms. The molecule has 1 heterocycles. The van der Waals surface area contributed by atoms with Gasteiger partial charge in [-0.15, -0.1) is 0 Å². The number of methoxy groups -OCH3 is 2. The zero-order valence-electron chi connectivity index (χ0n) is 11.7. The Kier molecular flexibility index (Phi) is 7.12. The van der Waals surface area contributed by atoms with Gasteiger partial charge in [0.25, 0.3) is 5.91 Å². The number of aromatic nitrogens is 1. The topological polar surface area (TPSA) is 43.7 Å². The lowest BCUT2D eigenvalue weighted by molar-refractivity contribution is 0.0665. The fraction of sp³-hybridized carbons (Fsp3) is 0.615. The minimum Gasteiger partial charge on any atom is -0.385 e. The van der Waals surface area contributed by atoms with Gasteiger partial charge in [-0.25, -0.2) is 0 Å². The summed E-state index contributed by atoms with van der Waals surface area (Å²) in [6.45, 7) is 2.43. The van der Waals surface area contributed by atoms with Crippen LogP contribution in [-0.4, -0.2) is 55.9 Å². The molecule has 6 heteroatoms. The first-order valence-corrected chi connectivity index (χ1v) is 6.98. The van der Waals surface area contributed by atoms with Gasteiger partial charge in [-0.2, -0.15) is 0 Å². The summed E-state index contributed by atoms with van der Waals surface area (Å²) < 4.78 is 12.8. The maximum absolute atomic E-state index is 12.5. The Hall–Kier alpha value is -0.850. The third-order valence-corrected chi connectivity index (χ3v) is 3.25. The Balaban J connectivity index is 2.72. The number of ether oxygens (including phenoxy) is 2. The molecule has 0 radical (unpaired) electrons. The summed E-state index contributed by atoms with van der Waals surface area (Å²) >= 11 is 3.38. The maximum atomic E-state index is 12.5. The third-order valence-electron chi connectivity index (χ3n) is 2.82. The van der Waals surface area contributed by atoms with Crippen LogP contribution in [0.2, 0.25) is 0 Å². The van der Waals surface area contributed by atoms with Crippen molar-refractivity contribution in [2.24, 2.45) is 7.05 Å². The van der Waals surface area contributed by atoms with E-state index in [-0.39, 0.29) is 5.91 Å². The van der Waals surface area contributed by atoms with Crippen molar-refractivity contribution >= 4 is 21.8 Å². The molecule has 0 spiro atoms. The van der Waals surface area contributed by atoms with E-state index < -0.39 is 0 Å². The van der Waals surface area contributed by atoms with E-state index in [0.29, 0.717) is 32.0 Å². The monoisotopic (exact) mass is 332 g/mol. The van der Waals surface area contributed by atoms with Crippen LogP contribution in [0.4, 0.5) is 0 Å². The fourth-order valence-corrected chi connectivity index (χ4v) is 2.34. The molecule has 1 aromatic heterocycles. The Labute approximate surface area is 122 Å². The molecule has 0 saturated carbocycles. The molecule has 0 aliphatic heterocycles. The predicted molar refractivity (Wildman–Crippen MR) is 77.4 cm³/mol. The molecule has 1 rings (SSSR count). The summed E-state index contributed by atoms with van der Waals surface area (Å²) in [5.41, 5.74) is 0.667. The molecule has 0 bridgehead atoms. The van der Waals surface area contributed by atoms with E-state index in [2.05, 4.69) is 15.9 Å². The van der Waals surface area contributed by atoms with E-state index in [1.54, 1.807) is 19.1 Å². The van der Waals surface area contributed by atoms with E-state index in [1.807, 2.05) is 23.9 Å². The van der Waals surface area contributed by atoms with Crippen LogP contribution in [0.5, 0.6) is 0 Å². The van der Waals surface area contributed by atoms with Gasteiger partial charge >= 0.3 is 0 Å². The van der Waals surface area contributed by atoms with Crippen LogP contribution in [0.3, 0.4) is 0 Å². The van der Waals surface area contributed by atoms with Crippen molar-refractivity contribution < 1.29 is 14.3 Å². The summed E-state index contributed by atoms with van der Waals surface area (Å²) in [7, 11) is 5.16. The Morgan fingerprint density at radius 1 is 1.32 bits per heavy atom. The molecule has 0 unspecified atom stereocenters. The molecule has 1 amide bonds. The molecule has 0 aliphatic rings. The Bertz CT molecular complexity index is 407. The second-order valence-electron chi connectivity index (χ2n) is 4.29. The maximum Gasteiger partial charge on any atom is 0.270 e. The van der Waals surface area contributed by atoms with Gasteiger partial charge < -0.3 is 18.9 Å². The number of hydrogen-bond acceptors (Lipinski definition) is 3. The molecule has 0 fully saturated rings. The van der Waals surface area contributed by atoms with Crippen LogP contribution in [0.15, 0.2) is 16.7 Å². The number of carbonyl (C=O) groups excluding carboxylic acids is 1.